The van der Waals surface area contributed by atoms with Gasteiger partial charge in [-0.1, -0.05) is 24.8 Å². The van der Waals surface area contributed by atoms with E-state index in [9.17, 15) is 14.7 Å². The van der Waals surface area contributed by atoms with Crippen LogP contribution in [0.1, 0.15) is 12.5 Å². The fourth-order valence-electron chi connectivity index (χ4n) is 2.11. The molecule has 7 nitrogen and oxygen atoms in total. The number of aromatic nitrogens is 2. The number of nitrogens with zero attached hydrogens (tertiary/aromatic N) is 2. The van der Waals surface area contributed by atoms with Gasteiger partial charge in [-0.25, -0.2) is 0 Å². The minimum Gasteiger partial charge on any atom is -0.497 e. The average molecular weight is 349 g/mol. The van der Waals surface area contributed by atoms with Crippen molar-refractivity contribution in [3.63, 3.8) is 0 Å². The summed E-state index contributed by atoms with van der Waals surface area (Å²) in [5, 5.41) is 12.8. The van der Waals surface area contributed by atoms with Gasteiger partial charge in [0.05, 0.1) is 24.1 Å². The molecule has 1 aromatic carbocycles. The second kappa shape index (κ2) is 7.87. The van der Waals surface area contributed by atoms with Crippen molar-refractivity contribution in [2.75, 3.05) is 19.9 Å². The Labute approximate surface area is 143 Å². The van der Waals surface area contributed by atoms with Crippen LogP contribution in [0.15, 0.2) is 34.2 Å². The lowest BCUT2D eigenvalue weighted by Gasteiger charge is -2.14. The summed E-state index contributed by atoms with van der Waals surface area (Å²) >= 11 is 1.07. The number of amides is 1. The number of thioether (sulfide) groups is 1. The molecule has 0 aliphatic rings. The first-order valence-electron chi connectivity index (χ1n) is 7.34. The zero-order chi connectivity index (χ0) is 17.7. The van der Waals surface area contributed by atoms with E-state index in [1.807, 2.05) is 0 Å². The predicted molar refractivity (Wildman–Crippen MR) is 92.2 cm³/mol. The van der Waals surface area contributed by atoms with Gasteiger partial charge in [-0.3, -0.25) is 14.2 Å². The number of carbonyl (C=O) groups excluding carboxylic acids is 1. The van der Waals surface area contributed by atoms with Crippen molar-refractivity contribution in [2.45, 2.75) is 18.5 Å². The molecular formula is C16H19N3O4S. The van der Waals surface area contributed by atoms with E-state index in [0.717, 1.165) is 11.8 Å². The Hall–Kier alpha value is -2.48. The van der Waals surface area contributed by atoms with Crippen molar-refractivity contribution in [1.29, 1.82) is 0 Å². The van der Waals surface area contributed by atoms with Crippen LogP contribution in [0.25, 0.3) is 5.69 Å². The quantitative estimate of drug-likeness (QED) is 0.604. The van der Waals surface area contributed by atoms with E-state index in [1.165, 1.54) is 18.7 Å². The lowest BCUT2D eigenvalue weighted by molar-refractivity contribution is -0.118. The number of rotatable bonds is 6. The molecule has 2 N–H and O–H groups in total. The van der Waals surface area contributed by atoms with Gasteiger partial charge in [-0.2, -0.15) is 4.98 Å². The van der Waals surface area contributed by atoms with Crippen molar-refractivity contribution in [3.8, 4) is 17.3 Å². The van der Waals surface area contributed by atoms with Crippen molar-refractivity contribution < 1.29 is 14.6 Å². The Kier molecular flexibility index (Phi) is 5.86. The van der Waals surface area contributed by atoms with Gasteiger partial charge in [-0.15, -0.1) is 0 Å². The molecule has 0 fully saturated rings. The molecule has 2 aromatic rings. The largest absolute Gasteiger partial charge is 0.497 e. The number of hydrogen-bond donors (Lipinski definition) is 2. The van der Waals surface area contributed by atoms with E-state index < -0.39 is 0 Å². The van der Waals surface area contributed by atoms with Crippen LogP contribution in [0, 0.1) is 0 Å². The Bertz CT molecular complexity index is 804. The van der Waals surface area contributed by atoms with Crippen LogP contribution in [0.2, 0.25) is 0 Å². The molecule has 0 spiro atoms. The molecule has 0 atom stereocenters. The normalized spacial score (nSPS) is 10.5. The molecule has 0 bridgehead atoms. The highest BCUT2D eigenvalue weighted by Crippen LogP contribution is 2.24. The van der Waals surface area contributed by atoms with Gasteiger partial charge >= 0.3 is 0 Å². The third-order valence-corrected chi connectivity index (χ3v) is 4.34. The van der Waals surface area contributed by atoms with Gasteiger partial charge < -0.3 is 15.2 Å². The standard InChI is InChI=1S/C16H19N3O4S/c1-4-12-14(21)18-16(24-9-13(20)17-2)19(15(12)22)10-6-5-7-11(8-10)23-3/h5-8,21H,4,9H2,1-3H3,(H,17,20). The maximum Gasteiger partial charge on any atom is 0.265 e. The fraction of sp³-hybridized carbons (Fsp3) is 0.312. The summed E-state index contributed by atoms with van der Waals surface area (Å²) in [7, 11) is 3.07. The predicted octanol–water partition coefficient (Wildman–Crippen LogP) is 1.35. The molecule has 128 valence electrons. The summed E-state index contributed by atoms with van der Waals surface area (Å²) in [6.45, 7) is 1.77. The second-order valence-electron chi connectivity index (χ2n) is 4.85. The Morgan fingerprint density at radius 2 is 2.21 bits per heavy atom. The highest BCUT2D eigenvalue weighted by Gasteiger charge is 2.18. The molecule has 0 saturated carbocycles. The minimum atomic E-state index is -0.363. The van der Waals surface area contributed by atoms with Gasteiger partial charge in [-0.05, 0) is 18.6 Å². The minimum absolute atomic E-state index is 0.0812. The molecule has 1 aromatic heterocycles. The number of nitrogens with one attached hydrogen (secondary N) is 1. The topological polar surface area (TPSA) is 93.5 Å². The highest BCUT2D eigenvalue weighted by molar-refractivity contribution is 7.99. The Morgan fingerprint density at radius 1 is 1.46 bits per heavy atom. The third kappa shape index (κ3) is 3.70. The third-order valence-electron chi connectivity index (χ3n) is 3.40. The van der Waals surface area contributed by atoms with Gasteiger partial charge in [0.15, 0.2) is 5.16 Å². The summed E-state index contributed by atoms with van der Waals surface area (Å²) in [5.74, 6) is 0.164. The van der Waals surface area contributed by atoms with Crippen LogP contribution in [0.3, 0.4) is 0 Å². The zero-order valence-corrected chi connectivity index (χ0v) is 14.5. The monoisotopic (exact) mass is 349 g/mol. The molecule has 1 heterocycles. The van der Waals surface area contributed by atoms with Gasteiger partial charge in [0, 0.05) is 13.1 Å². The van der Waals surface area contributed by atoms with Gasteiger partial charge in [0.2, 0.25) is 11.8 Å². The fourth-order valence-corrected chi connectivity index (χ4v) is 2.98. The lowest BCUT2D eigenvalue weighted by atomic mass is 10.2. The first kappa shape index (κ1) is 17.9. The van der Waals surface area contributed by atoms with Crippen molar-refractivity contribution >= 4 is 17.7 Å². The number of benzene rings is 1. The van der Waals surface area contributed by atoms with Crippen molar-refractivity contribution in [3.05, 3.63) is 40.2 Å². The molecular weight excluding hydrogens is 330 g/mol. The number of hydrogen-bond acceptors (Lipinski definition) is 6. The summed E-state index contributed by atoms with van der Waals surface area (Å²) in [4.78, 5) is 28.4. The molecule has 0 aliphatic heterocycles. The first-order chi connectivity index (χ1) is 11.5. The number of ether oxygens (including phenoxy) is 1. The SMILES string of the molecule is CCc1c(O)nc(SCC(=O)NC)n(-c2cccc(OC)c2)c1=O. The van der Waals surface area contributed by atoms with Crippen LogP contribution < -0.4 is 15.6 Å². The van der Waals surface area contributed by atoms with Crippen LogP contribution in [-0.4, -0.2) is 40.5 Å². The average Bonchev–Trinajstić information content (AvgIpc) is 2.59. The molecule has 1 amide bonds. The molecule has 2 rings (SSSR count). The summed E-state index contributed by atoms with van der Waals surface area (Å²) < 4.78 is 6.58. The summed E-state index contributed by atoms with van der Waals surface area (Å²) in [5.41, 5.74) is 0.417. The van der Waals surface area contributed by atoms with Gasteiger partial charge in [0.1, 0.15) is 5.75 Å². The Morgan fingerprint density at radius 3 is 2.83 bits per heavy atom. The molecule has 8 heteroatoms. The van der Waals surface area contributed by atoms with Crippen LogP contribution in [-0.2, 0) is 11.2 Å². The van der Waals surface area contributed by atoms with Crippen molar-refractivity contribution in [2.24, 2.45) is 0 Å². The van der Waals surface area contributed by atoms with E-state index >= 15 is 0 Å². The molecule has 0 radical (unpaired) electrons. The number of carbonyl (C=O) groups is 1. The van der Waals surface area contributed by atoms with E-state index in [2.05, 4.69) is 10.3 Å². The lowest BCUT2D eigenvalue weighted by Crippen LogP contribution is -2.26. The molecule has 0 saturated heterocycles. The smallest absolute Gasteiger partial charge is 0.265 e. The highest BCUT2D eigenvalue weighted by atomic mass is 32.2. The van der Waals surface area contributed by atoms with E-state index in [-0.39, 0.29) is 33.8 Å². The summed E-state index contributed by atoms with van der Waals surface area (Å²) in [6, 6.07) is 6.96. The second-order valence-corrected chi connectivity index (χ2v) is 5.80. The maximum absolute atomic E-state index is 12.8. The van der Waals surface area contributed by atoms with Crippen LogP contribution in [0.5, 0.6) is 11.6 Å². The number of aromatic hydroxyl groups is 1. The van der Waals surface area contributed by atoms with Gasteiger partial charge in [0.25, 0.3) is 5.56 Å². The van der Waals surface area contributed by atoms with E-state index in [0.29, 0.717) is 17.9 Å². The zero-order valence-electron chi connectivity index (χ0n) is 13.7. The first-order valence-corrected chi connectivity index (χ1v) is 8.33. The molecule has 0 aliphatic carbocycles. The van der Waals surface area contributed by atoms with Crippen LogP contribution >= 0.6 is 11.8 Å². The molecule has 24 heavy (non-hydrogen) atoms. The molecule has 0 unspecified atom stereocenters. The maximum atomic E-state index is 12.8. The summed E-state index contributed by atoms with van der Waals surface area (Å²) in [6.07, 6.45) is 0.349. The Balaban J connectivity index is 2.61. The van der Waals surface area contributed by atoms with E-state index in [1.54, 1.807) is 31.2 Å². The van der Waals surface area contributed by atoms with Crippen molar-refractivity contribution in [1.82, 2.24) is 14.9 Å². The van der Waals surface area contributed by atoms with Crippen LogP contribution in [0.4, 0.5) is 0 Å². The van der Waals surface area contributed by atoms with E-state index in [4.69, 9.17) is 4.74 Å². The number of methoxy groups -OCH3 is 1.